The smallest absolute Gasteiger partial charge is 0.323 e. The van der Waals surface area contributed by atoms with Crippen LogP contribution in [-0.4, -0.2) is 52.2 Å². The third-order valence-electron chi connectivity index (χ3n) is 6.39. The molecule has 0 unspecified atom stereocenters. The molecule has 1 aromatic carbocycles. The Hall–Kier alpha value is -2.70. The van der Waals surface area contributed by atoms with Crippen LogP contribution in [-0.2, 0) is 4.79 Å². The standard InChI is InChI=1S/C21H25N3O4/c1-14-8-4-5-11-21(14)19(27)24(20(28)22-21)13-7-6-12-23-17(25)15-9-2-3-10-16(15)18(23)26/h2-3,9-10,14H,4-8,11-13H2,1H3,(H,22,28)/t14-,21-/m0/s1. The van der Waals surface area contributed by atoms with Crippen LogP contribution in [0.2, 0.25) is 0 Å². The zero-order valence-corrected chi connectivity index (χ0v) is 16.1. The van der Waals surface area contributed by atoms with Crippen molar-refractivity contribution in [3.63, 3.8) is 0 Å². The first kappa shape index (κ1) is 18.7. The molecule has 2 aliphatic heterocycles. The van der Waals surface area contributed by atoms with Crippen molar-refractivity contribution >= 4 is 23.8 Å². The second kappa shape index (κ2) is 7.04. The number of amides is 5. The number of fused-ring (bicyclic) bond motifs is 1. The summed E-state index contributed by atoms with van der Waals surface area (Å²) in [6, 6.07) is 6.49. The van der Waals surface area contributed by atoms with Gasteiger partial charge in [-0.25, -0.2) is 4.79 Å². The summed E-state index contributed by atoms with van der Waals surface area (Å²) < 4.78 is 0. The molecule has 2 fully saturated rings. The van der Waals surface area contributed by atoms with E-state index in [4.69, 9.17) is 0 Å². The van der Waals surface area contributed by atoms with Crippen molar-refractivity contribution < 1.29 is 19.2 Å². The molecule has 0 aromatic heterocycles. The largest absolute Gasteiger partial charge is 0.325 e. The van der Waals surface area contributed by atoms with Crippen LogP contribution in [0.25, 0.3) is 0 Å². The summed E-state index contributed by atoms with van der Waals surface area (Å²) in [6.07, 6.45) is 4.78. The predicted molar refractivity (Wildman–Crippen MR) is 102 cm³/mol. The predicted octanol–water partition coefficient (Wildman–Crippen LogP) is 2.56. The van der Waals surface area contributed by atoms with E-state index in [1.54, 1.807) is 24.3 Å². The topological polar surface area (TPSA) is 86.8 Å². The molecule has 5 amide bonds. The minimum Gasteiger partial charge on any atom is -0.323 e. The van der Waals surface area contributed by atoms with Crippen LogP contribution in [0, 0.1) is 5.92 Å². The van der Waals surface area contributed by atoms with E-state index in [0.29, 0.717) is 36.9 Å². The van der Waals surface area contributed by atoms with Gasteiger partial charge < -0.3 is 5.32 Å². The number of hydrogen-bond donors (Lipinski definition) is 1. The zero-order chi connectivity index (χ0) is 19.9. The highest BCUT2D eigenvalue weighted by atomic mass is 16.2. The van der Waals surface area contributed by atoms with Crippen LogP contribution in [0.5, 0.6) is 0 Å². The Balaban J connectivity index is 1.33. The second-order valence-corrected chi connectivity index (χ2v) is 8.02. The quantitative estimate of drug-likeness (QED) is 0.481. The van der Waals surface area contributed by atoms with E-state index in [-0.39, 0.29) is 36.2 Å². The monoisotopic (exact) mass is 383 g/mol. The summed E-state index contributed by atoms with van der Waals surface area (Å²) in [7, 11) is 0. The number of unbranched alkanes of at least 4 members (excludes halogenated alkanes) is 1. The molecule has 2 atom stereocenters. The normalized spacial score (nSPS) is 27.0. The van der Waals surface area contributed by atoms with Gasteiger partial charge in [-0.3, -0.25) is 24.2 Å². The molecular weight excluding hydrogens is 358 g/mol. The molecule has 1 saturated carbocycles. The number of imide groups is 2. The van der Waals surface area contributed by atoms with Crippen LogP contribution in [0.15, 0.2) is 24.3 Å². The molecule has 2 heterocycles. The summed E-state index contributed by atoms with van der Waals surface area (Å²) >= 11 is 0. The summed E-state index contributed by atoms with van der Waals surface area (Å²) in [4.78, 5) is 52.6. The van der Waals surface area contributed by atoms with Crippen molar-refractivity contribution in [1.82, 2.24) is 15.1 Å². The van der Waals surface area contributed by atoms with E-state index < -0.39 is 5.54 Å². The second-order valence-electron chi connectivity index (χ2n) is 8.02. The molecule has 4 rings (SSSR count). The first-order valence-corrected chi connectivity index (χ1v) is 10.0. The first-order chi connectivity index (χ1) is 13.5. The highest BCUT2D eigenvalue weighted by Gasteiger charge is 2.54. The maximum Gasteiger partial charge on any atom is 0.325 e. The molecule has 1 spiro atoms. The van der Waals surface area contributed by atoms with Crippen molar-refractivity contribution in [2.45, 2.75) is 51.0 Å². The summed E-state index contributed by atoms with van der Waals surface area (Å²) in [5.74, 6) is -0.525. The summed E-state index contributed by atoms with van der Waals surface area (Å²) in [5, 5.41) is 2.95. The molecule has 0 radical (unpaired) electrons. The molecule has 28 heavy (non-hydrogen) atoms. The lowest BCUT2D eigenvalue weighted by molar-refractivity contribution is -0.134. The van der Waals surface area contributed by atoms with Gasteiger partial charge in [-0.15, -0.1) is 0 Å². The van der Waals surface area contributed by atoms with Gasteiger partial charge in [-0.2, -0.15) is 0 Å². The van der Waals surface area contributed by atoms with Gasteiger partial charge in [-0.1, -0.05) is 31.9 Å². The van der Waals surface area contributed by atoms with E-state index in [9.17, 15) is 19.2 Å². The molecule has 7 nitrogen and oxygen atoms in total. The molecule has 1 aromatic rings. The molecule has 0 bridgehead atoms. The maximum absolute atomic E-state index is 12.9. The Bertz CT molecular complexity index is 817. The third-order valence-corrected chi connectivity index (χ3v) is 6.39. The molecule has 1 aliphatic carbocycles. The Kier molecular flexibility index (Phi) is 4.69. The Labute approximate surface area is 164 Å². The fourth-order valence-electron chi connectivity index (χ4n) is 4.68. The van der Waals surface area contributed by atoms with Crippen molar-refractivity contribution in [3.8, 4) is 0 Å². The Morgan fingerprint density at radius 3 is 2.18 bits per heavy atom. The van der Waals surface area contributed by atoms with Gasteiger partial charge in [0.2, 0.25) is 0 Å². The van der Waals surface area contributed by atoms with Crippen LogP contribution in [0.1, 0.15) is 66.2 Å². The molecule has 1 saturated heterocycles. The van der Waals surface area contributed by atoms with E-state index in [2.05, 4.69) is 5.32 Å². The fourth-order valence-corrected chi connectivity index (χ4v) is 4.68. The Morgan fingerprint density at radius 1 is 0.964 bits per heavy atom. The summed E-state index contributed by atoms with van der Waals surface area (Å²) in [5.41, 5.74) is 0.141. The van der Waals surface area contributed by atoms with Crippen LogP contribution >= 0.6 is 0 Å². The van der Waals surface area contributed by atoms with Gasteiger partial charge in [0, 0.05) is 13.1 Å². The number of urea groups is 1. The third kappa shape index (κ3) is 2.80. The average molecular weight is 383 g/mol. The minimum atomic E-state index is -0.738. The van der Waals surface area contributed by atoms with Crippen LogP contribution < -0.4 is 5.32 Å². The minimum absolute atomic E-state index is 0.120. The molecule has 7 heteroatoms. The van der Waals surface area contributed by atoms with E-state index in [0.717, 1.165) is 19.3 Å². The zero-order valence-electron chi connectivity index (χ0n) is 16.1. The highest BCUT2D eigenvalue weighted by Crippen LogP contribution is 2.38. The van der Waals surface area contributed by atoms with Gasteiger partial charge in [0.25, 0.3) is 17.7 Å². The number of rotatable bonds is 5. The fraction of sp³-hybridized carbons (Fsp3) is 0.524. The SMILES string of the molecule is C[C@H]1CCCC[C@]12NC(=O)N(CCCCN1C(=O)c3ccccc3C1=O)C2=O. The van der Waals surface area contributed by atoms with Gasteiger partial charge >= 0.3 is 6.03 Å². The van der Waals surface area contributed by atoms with E-state index >= 15 is 0 Å². The lowest BCUT2D eigenvalue weighted by atomic mass is 9.73. The van der Waals surface area contributed by atoms with Gasteiger partial charge in [0.1, 0.15) is 5.54 Å². The van der Waals surface area contributed by atoms with Crippen molar-refractivity contribution in [3.05, 3.63) is 35.4 Å². The number of carbonyl (C=O) groups excluding carboxylic acids is 4. The summed E-state index contributed by atoms with van der Waals surface area (Å²) in [6.45, 7) is 2.63. The number of nitrogens with zero attached hydrogens (tertiary/aromatic N) is 2. The van der Waals surface area contributed by atoms with Crippen molar-refractivity contribution in [2.24, 2.45) is 5.92 Å². The van der Waals surface area contributed by atoms with Gasteiger partial charge in [0.05, 0.1) is 11.1 Å². The number of nitrogens with one attached hydrogen (secondary N) is 1. The average Bonchev–Trinajstić information content (AvgIpc) is 3.08. The van der Waals surface area contributed by atoms with E-state index in [1.807, 2.05) is 6.92 Å². The van der Waals surface area contributed by atoms with Crippen molar-refractivity contribution in [1.29, 1.82) is 0 Å². The molecule has 3 aliphatic rings. The Morgan fingerprint density at radius 2 is 1.57 bits per heavy atom. The highest BCUT2D eigenvalue weighted by molar-refractivity contribution is 6.21. The van der Waals surface area contributed by atoms with Crippen molar-refractivity contribution in [2.75, 3.05) is 13.1 Å². The van der Waals surface area contributed by atoms with E-state index in [1.165, 1.54) is 9.80 Å². The first-order valence-electron chi connectivity index (χ1n) is 10.0. The molecular formula is C21H25N3O4. The number of benzene rings is 1. The van der Waals surface area contributed by atoms with Gasteiger partial charge in [-0.05, 0) is 43.7 Å². The molecule has 148 valence electrons. The lowest BCUT2D eigenvalue weighted by Gasteiger charge is -2.36. The maximum atomic E-state index is 12.9. The van der Waals surface area contributed by atoms with Gasteiger partial charge in [0.15, 0.2) is 0 Å². The lowest BCUT2D eigenvalue weighted by Crippen LogP contribution is -2.53. The number of hydrogen-bond acceptors (Lipinski definition) is 4. The van der Waals surface area contributed by atoms with Crippen LogP contribution in [0.3, 0.4) is 0 Å². The van der Waals surface area contributed by atoms with Crippen LogP contribution in [0.4, 0.5) is 4.79 Å². The number of carbonyl (C=O) groups is 4. The molecule has 1 N–H and O–H groups in total.